The number of thioether (sulfide) groups is 1. The van der Waals surface area contributed by atoms with Crippen LogP contribution >= 0.6 is 23.4 Å². The van der Waals surface area contributed by atoms with Crippen LogP contribution in [0.25, 0.3) is 5.69 Å². The largest absolute Gasteiger partial charge is 0.465 e. The van der Waals surface area contributed by atoms with Gasteiger partial charge in [-0.15, -0.1) is 10.2 Å². The van der Waals surface area contributed by atoms with Crippen LogP contribution in [-0.2, 0) is 16.0 Å². The number of aromatic nitrogens is 5. The molecule has 2 aromatic heterocycles. The number of carbonyl (C=O) groups excluding carboxylic acids is 1. The molecule has 3 aromatic rings. The molecule has 152 valence electrons. The molecule has 0 unspecified atom stereocenters. The molecule has 0 amide bonds. The summed E-state index contributed by atoms with van der Waals surface area (Å²) in [7, 11) is 0. The Hall–Kier alpha value is -2.85. The molecule has 0 saturated carbocycles. The number of nitrogens with one attached hydrogen (secondary N) is 2. The first kappa shape index (κ1) is 20.9. The van der Waals surface area contributed by atoms with Crippen LogP contribution in [0.1, 0.15) is 25.4 Å². The lowest BCUT2D eigenvalue weighted by atomic mass is 10.2. The highest BCUT2D eigenvalue weighted by atomic mass is 35.5. The Morgan fingerprint density at radius 3 is 2.62 bits per heavy atom. The van der Waals surface area contributed by atoms with Gasteiger partial charge < -0.3 is 9.72 Å². The first-order chi connectivity index (χ1) is 13.9. The molecule has 2 N–H and O–H groups in total. The summed E-state index contributed by atoms with van der Waals surface area (Å²) in [5.74, 6) is 0.121. The topological polar surface area (TPSA) is 123 Å². The van der Waals surface area contributed by atoms with E-state index in [2.05, 4.69) is 20.2 Å². The van der Waals surface area contributed by atoms with Gasteiger partial charge in [-0.3, -0.25) is 19.1 Å². The fraction of sp³-hybridized carbons (Fsp3) is 0.278. The number of benzene rings is 1. The first-order valence-corrected chi connectivity index (χ1v) is 9.99. The average Bonchev–Trinajstić information content (AvgIpc) is 3.03. The maximum absolute atomic E-state index is 12.0. The van der Waals surface area contributed by atoms with E-state index in [0.717, 1.165) is 5.69 Å². The van der Waals surface area contributed by atoms with Crippen molar-refractivity contribution in [2.75, 3.05) is 6.61 Å². The Kier molecular flexibility index (Phi) is 6.55. The van der Waals surface area contributed by atoms with Crippen molar-refractivity contribution >= 4 is 29.3 Å². The maximum atomic E-state index is 12.0. The van der Waals surface area contributed by atoms with Gasteiger partial charge in [0.1, 0.15) is 11.1 Å². The minimum atomic E-state index is -0.601. The second kappa shape index (κ2) is 9.10. The van der Waals surface area contributed by atoms with Gasteiger partial charge >= 0.3 is 11.7 Å². The molecule has 1 aromatic carbocycles. The molecule has 0 bridgehead atoms. The molecule has 29 heavy (non-hydrogen) atoms. The minimum Gasteiger partial charge on any atom is -0.465 e. The zero-order chi connectivity index (χ0) is 21.0. The van der Waals surface area contributed by atoms with E-state index in [9.17, 15) is 14.4 Å². The van der Waals surface area contributed by atoms with Crippen molar-refractivity contribution in [3.05, 3.63) is 67.7 Å². The Morgan fingerprint density at radius 1 is 1.24 bits per heavy atom. The summed E-state index contributed by atoms with van der Waals surface area (Å²) in [6, 6.07) is 8.30. The van der Waals surface area contributed by atoms with Gasteiger partial charge in [0, 0.05) is 28.9 Å². The smallest absolute Gasteiger partial charge is 0.325 e. The molecular formula is C18H18ClN5O4S. The predicted molar refractivity (Wildman–Crippen MR) is 109 cm³/mol. The summed E-state index contributed by atoms with van der Waals surface area (Å²) in [4.78, 5) is 39.9. The normalized spacial score (nSPS) is 12.0. The number of aromatic amines is 2. The van der Waals surface area contributed by atoms with Crippen molar-refractivity contribution < 1.29 is 9.53 Å². The zero-order valence-electron chi connectivity index (χ0n) is 15.6. The van der Waals surface area contributed by atoms with E-state index < -0.39 is 16.5 Å². The lowest BCUT2D eigenvalue weighted by Gasteiger charge is -2.13. The van der Waals surface area contributed by atoms with Gasteiger partial charge in [-0.05, 0) is 38.1 Å². The summed E-state index contributed by atoms with van der Waals surface area (Å²) in [6.45, 7) is 3.75. The SMILES string of the molecule is CCOC(=O)[C@@H](C)Sc1nnc(Cc2cc(=O)[nH]c(=O)[nH]2)n1-c1ccc(Cl)cc1. The lowest BCUT2D eigenvalue weighted by molar-refractivity contribution is -0.142. The third-order valence-electron chi connectivity index (χ3n) is 3.85. The summed E-state index contributed by atoms with van der Waals surface area (Å²) in [5, 5.41) is 8.93. The number of H-pyrrole nitrogens is 2. The number of esters is 1. The Morgan fingerprint density at radius 2 is 1.97 bits per heavy atom. The lowest BCUT2D eigenvalue weighted by Crippen LogP contribution is -2.23. The summed E-state index contributed by atoms with van der Waals surface area (Å²) >= 11 is 7.19. The fourth-order valence-corrected chi connectivity index (χ4v) is 3.60. The van der Waals surface area contributed by atoms with E-state index in [1.807, 2.05) is 0 Å². The number of ether oxygens (including phenoxy) is 1. The van der Waals surface area contributed by atoms with Crippen LogP contribution < -0.4 is 11.2 Å². The molecule has 0 spiro atoms. The van der Waals surface area contributed by atoms with Crippen LogP contribution in [0.4, 0.5) is 0 Å². The Balaban J connectivity index is 2.01. The number of rotatable bonds is 7. The van der Waals surface area contributed by atoms with Gasteiger partial charge in [0.15, 0.2) is 5.16 Å². The zero-order valence-corrected chi connectivity index (χ0v) is 17.2. The second-order valence-electron chi connectivity index (χ2n) is 6.01. The van der Waals surface area contributed by atoms with Crippen LogP contribution in [0.15, 0.2) is 45.1 Å². The van der Waals surface area contributed by atoms with Gasteiger partial charge in [0.25, 0.3) is 5.56 Å². The molecule has 2 heterocycles. The van der Waals surface area contributed by atoms with E-state index in [1.165, 1.54) is 17.8 Å². The monoisotopic (exact) mass is 435 g/mol. The molecule has 9 nitrogen and oxygen atoms in total. The third kappa shape index (κ3) is 5.15. The van der Waals surface area contributed by atoms with E-state index in [-0.39, 0.29) is 19.0 Å². The minimum absolute atomic E-state index is 0.156. The highest BCUT2D eigenvalue weighted by Crippen LogP contribution is 2.27. The molecule has 0 aliphatic heterocycles. The van der Waals surface area contributed by atoms with Crippen LogP contribution in [0.3, 0.4) is 0 Å². The quantitative estimate of drug-likeness (QED) is 0.429. The van der Waals surface area contributed by atoms with Crippen molar-refractivity contribution in [3.63, 3.8) is 0 Å². The third-order valence-corrected chi connectivity index (χ3v) is 5.12. The van der Waals surface area contributed by atoms with Gasteiger partial charge in [0.2, 0.25) is 0 Å². The Labute approximate surface area is 174 Å². The van der Waals surface area contributed by atoms with E-state index in [1.54, 1.807) is 42.7 Å². The first-order valence-electron chi connectivity index (χ1n) is 8.73. The number of halogens is 1. The number of hydrogen-bond donors (Lipinski definition) is 2. The predicted octanol–water partition coefficient (Wildman–Crippen LogP) is 1.93. The number of carbonyl (C=O) groups is 1. The summed E-state index contributed by atoms with van der Waals surface area (Å²) in [6.07, 6.45) is 0.156. The molecule has 0 saturated heterocycles. The van der Waals surface area contributed by atoms with Crippen molar-refractivity contribution in [2.45, 2.75) is 30.7 Å². The van der Waals surface area contributed by atoms with Gasteiger partial charge in [-0.25, -0.2) is 4.79 Å². The fourth-order valence-electron chi connectivity index (χ4n) is 2.59. The maximum Gasteiger partial charge on any atom is 0.325 e. The van der Waals surface area contributed by atoms with Gasteiger partial charge in [-0.1, -0.05) is 23.4 Å². The number of nitrogens with zero attached hydrogens (tertiary/aromatic N) is 3. The number of hydrogen-bond acceptors (Lipinski definition) is 7. The van der Waals surface area contributed by atoms with Crippen molar-refractivity contribution in [1.82, 2.24) is 24.7 Å². The van der Waals surface area contributed by atoms with Crippen molar-refractivity contribution in [1.29, 1.82) is 0 Å². The van der Waals surface area contributed by atoms with Gasteiger partial charge in [-0.2, -0.15) is 0 Å². The summed E-state index contributed by atoms with van der Waals surface area (Å²) in [5.41, 5.74) is -0.000990. The molecular weight excluding hydrogens is 418 g/mol. The molecule has 0 fully saturated rings. The molecule has 1 atom stereocenters. The van der Waals surface area contributed by atoms with Crippen molar-refractivity contribution in [3.8, 4) is 5.69 Å². The molecule has 0 radical (unpaired) electrons. The Bertz CT molecular complexity index is 1090. The van der Waals surface area contributed by atoms with Crippen LogP contribution in [0, 0.1) is 0 Å². The standard InChI is InChI=1S/C18H18ClN5O4S/c1-3-28-16(26)10(2)29-18-23-22-14(8-12-9-15(25)21-17(27)20-12)24(18)13-6-4-11(19)5-7-13/h4-7,9-10H,3,8H2,1-2H3,(H2,20,21,25,27)/t10-/m1/s1. The molecule has 0 aliphatic carbocycles. The van der Waals surface area contributed by atoms with E-state index in [4.69, 9.17) is 16.3 Å². The highest BCUT2D eigenvalue weighted by molar-refractivity contribution is 8.00. The van der Waals surface area contributed by atoms with Crippen LogP contribution in [0.5, 0.6) is 0 Å². The van der Waals surface area contributed by atoms with Crippen molar-refractivity contribution in [2.24, 2.45) is 0 Å². The van der Waals surface area contributed by atoms with Crippen LogP contribution in [-0.4, -0.2) is 42.6 Å². The van der Waals surface area contributed by atoms with E-state index >= 15 is 0 Å². The molecule has 11 heteroatoms. The molecule has 3 rings (SSSR count). The van der Waals surface area contributed by atoms with Gasteiger partial charge in [0.05, 0.1) is 6.61 Å². The summed E-state index contributed by atoms with van der Waals surface area (Å²) < 4.78 is 6.80. The van der Waals surface area contributed by atoms with Crippen LogP contribution in [0.2, 0.25) is 5.02 Å². The second-order valence-corrected chi connectivity index (χ2v) is 7.76. The molecule has 0 aliphatic rings. The average molecular weight is 436 g/mol. The van der Waals surface area contributed by atoms with E-state index in [0.29, 0.717) is 21.7 Å². The highest BCUT2D eigenvalue weighted by Gasteiger charge is 2.22.